The van der Waals surface area contributed by atoms with Gasteiger partial charge in [-0.05, 0) is 54.0 Å². The van der Waals surface area contributed by atoms with Gasteiger partial charge in [0.05, 0.1) is 0 Å². The summed E-state index contributed by atoms with van der Waals surface area (Å²) in [5.41, 5.74) is 0.848. The summed E-state index contributed by atoms with van der Waals surface area (Å²) < 4.78 is 0. The monoisotopic (exact) mass is 455 g/mol. The second kappa shape index (κ2) is 8.93. The van der Waals surface area contributed by atoms with Gasteiger partial charge in [0.1, 0.15) is 12.1 Å². The molecular formula is C28H29N3O3. The fourth-order valence-corrected chi connectivity index (χ4v) is 5.25. The summed E-state index contributed by atoms with van der Waals surface area (Å²) in [6.45, 7) is 2.80. The summed E-state index contributed by atoms with van der Waals surface area (Å²) in [6, 6.07) is 23.4. The van der Waals surface area contributed by atoms with Crippen LogP contribution in [-0.4, -0.2) is 47.3 Å². The zero-order valence-electron chi connectivity index (χ0n) is 19.4. The number of benzene rings is 3. The average Bonchev–Trinajstić information content (AvgIpc) is 3.08. The minimum atomic E-state index is -1.21. The van der Waals surface area contributed by atoms with Crippen molar-refractivity contribution in [2.45, 2.75) is 31.7 Å². The van der Waals surface area contributed by atoms with Gasteiger partial charge in [0.25, 0.3) is 5.91 Å². The lowest BCUT2D eigenvalue weighted by Crippen LogP contribution is -2.47. The molecule has 34 heavy (non-hydrogen) atoms. The summed E-state index contributed by atoms with van der Waals surface area (Å²) in [7, 11) is 0. The maximum Gasteiger partial charge on any atom is 0.325 e. The highest BCUT2D eigenvalue weighted by molar-refractivity contribution is 6.10. The first-order valence-electron chi connectivity index (χ1n) is 11.9. The Kier molecular flexibility index (Phi) is 5.82. The highest BCUT2D eigenvalue weighted by atomic mass is 16.2. The summed E-state index contributed by atoms with van der Waals surface area (Å²) in [4.78, 5) is 42.1. The molecule has 0 bridgehead atoms. The molecule has 2 aliphatic heterocycles. The quantitative estimate of drug-likeness (QED) is 0.589. The Morgan fingerprint density at radius 3 is 2.38 bits per heavy atom. The number of hydrogen-bond acceptors (Lipinski definition) is 3. The fourth-order valence-electron chi connectivity index (χ4n) is 5.25. The Hall–Kier alpha value is -3.67. The van der Waals surface area contributed by atoms with Crippen LogP contribution in [0.1, 0.15) is 30.9 Å². The van der Waals surface area contributed by atoms with Crippen LogP contribution in [0.5, 0.6) is 0 Å². The third kappa shape index (κ3) is 4.04. The summed E-state index contributed by atoms with van der Waals surface area (Å²) in [6.07, 6.45) is 2.86. The molecule has 1 N–H and O–H groups in total. The first kappa shape index (κ1) is 22.1. The van der Waals surface area contributed by atoms with Gasteiger partial charge in [-0.3, -0.25) is 14.5 Å². The van der Waals surface area contributed by atoms with Gasteiger partial charge in [0, 0.05) is 13.1 Å². The zero-order valence-corrected chi connectivity index (χ0v) is 19.4. The van der Waals surface area contributed by atoms with Gasteiger partial charge in [0.2, 0.25) is 5.91 Å². The molecule has 3 aromatic carbocycles. The largest absolute Gasteiger partial charge is 0.341 e. The highest BCUT2D eigenvalue weighted by Gasteiger charge is 2.50. The Balaban J connectivity index is 1.25. The Morgan fingerprint density at radius 1 is 0.941 bits per heavy atom. The molecule has 3 aromatic rings. The van der Waals surface area contributed by atoms with Crippen LogP contribution in [0.2, 0.25) is 0 Å². The second-order valence-electron chi connectivity index (χ2n) is 9.49. The molecule has 0 saturated carbocycles. The first-order valence-corrected chi connectivity index (χ1v) is 11.9. The number of amides is 4. The van der Waals surface area contributed by atoms with Gasteiger partial charge in [-0.2, -0.15) is 0 Å². The van der Waals surface area contributed by atoms with Crippen molar-refractivity contribution < 1.29 is 14.4 Å². The number of rotatable bonds is 5. The van der Waals surface area contributed by atoms with Gasteiger partial charge in [-0.25, -0.2) is 4.79 Å². The molecule has 0 spiro atoms. The molecule has 4 amide bonds. The van der Waals surface area contributed by atoms with E-state index in [4.69, 9.17) is 0 Å². The summed E-state index contributed by atoms with van der Waals surface area (Å²) in [5, 5.41) is 4.76. The normalized spacial score (nSPS) is 21.2. The summed E-state index contributed by atoms with van der Waals surface area (Å²) in [5.74, 6) is -0.0252. The highest BCUT2D eigenvalue weighted by Crippen LogP contribution is 2.34. The predicted octanol–water partition coefficient (Wildman–Crippen LogP) is 4.09. The fraction of sp³-hybridized carbons (Fsp3) is 0.321. The van der Waals surface area contributed by atoms with Crippen molar-refractivity contribution in [1.82, 2.24) is 15.1 Å². The van der Waals surface area contributed by atoms with Crippen molar-refractivity contribution in [1.29, 1.82) is 0 Å². The van der Waals surface area contributed by atoms with Crippen LogP contribution in [0.3, 0.4) is 0 Å². The maximum absolute atomic E-state index is 13.4. The average molecular weight is 456 g/mol. The van der Waals surface area contributed by atoms with E-state index in [0.29, 0.717) is 19.0 Å². The Bertz CT molecular complexity index is 1230. The molecular weight excluding hydrogens is 426 g/mol. The van der Waals surface area contributed by atoms with Gasteiger partial charge in [0.15, 0.2) is 0 Å². The van der Waals surface area contributed by atoms with E-state index in [1.807, 2.05) is 48.5 Å². The lowest BCUT2D eigenvalue weighted by Gasteiger charge is -2.33. The standard InChI is InChI=1S/C28H29N3O3/c1-28(24-13-7-11-22-10-5-6-12-23(22)24)26(33)31(27(34)29-28)19-25(32)30-16-14-21(15-17-30)18-20-8-3-2-4-9-20/h2-13,21H,14-19H2,1H3,(H,29,34)/t28-/m1/s1. The third-order valence-corrected chi connectivity index (χ3v) is 7.23. The number of nitrogens with zero attached hydrogens (tertiary/aromatic N) is 2. The van der Waals surface area contributed by atoms with E-state index >= 15 is 0 Å². The van der Waals surface area contributed by atoms with E-state index in [1.165, 1.54) is 5.56 Å². The molecule has 2 heterocycles. The molecule has 0 unspecified atom stereocenters. The zero-order chi connectivity index (χ0) is 23.7. The number of nitrogens with one attached hydrogen (secondary N) is 1. The topological polar surface area (TPSA) is 69.7 Å². The molecule has 5 rings (SSSR count). The van der Waals surface area contributed by atoms with Crippen LogP contribution in [0.25, 0.3) is 10.8 Å². The number of carbonyl (C=O) groups is 3. The van der Waals surface area contributed by atoms with Crippen molar-refractivity contribution in [2.24, 2.45) is 5.92 Å². The number of hydrogen-bond donors (Lipinski definition) is 1. The molecule has 6 heteroatoms. The van der Waals surface area contributed by atoms with E-state index in [0.717, 1.165) is 40.5 Å². The number of fused-ring (bicyclic) bond motifs is 1. The lowest BCUT2D eigenvalue weighted by molar-refractivity contribution is -0.139. The molecule has 0 aliphatic carbocycles. The van der Waals surface area contributed by atoms with Crippen LogP contribution >= 0.6 is 0 Å². The smallest absolute Gasteiger partial charge is 0.325 e. The van der Waals surface area contributed by atoms with E-state index in [2.05, 4.69) is 29.6 Å². The minimum absolute atomic E-state index is 0.177. The number of urea groups is 1. The Morgan fingerprint density at radius 2 is 1.62 bits per heavy atom. The van der Waals surface area contributed by atoms with Crippen molar-refractivity contribution in [3.63, 3.8) is 0 Å². The number of piperidine rings is 1. The van der Waals surface area contributed by atoms with E-state index in [-0.39, 0.29) is 18.4 Å². The van der Waals surface area contributed by atoms with E-state index < -0.39 is 11.6 Å². The van der Waals surface area contributed by atoms with Crippen LogP contribution < -0.4 is 5.32 Å². The Labute approximate surface area is 199 Å². The van der Waals surface area contributed by atoms with Crippen molar-refractivity contribution in [3.05, 3.63) is 83.9 Å². The van der Waals surface area contributed by atoms with Gasteiger partial charge in [-0.1, -0.05) is 72.8 Å². The van der Waals surface area contributed by atoms with Crippen LogP contribution in [0, 0.1) is 5.92 Å². The van der Waals surface area contributed by atoms with Gasteiger partial charge in [-0.15, -0.1) is 0 Å². The van der Waals surface area contributed by atoms with Crippen LogP contribution in [0.4, 0.5) is 4.79 Å². The van der Waals surface area contributed by atoms with Crippen molar-refractivity contribution in [2.75, 3.05) is 19.6 Å². The van der Waals surface area contributed by atoms with Gasteiger partial charge >= 0.3 is 6.03 Å². The van der Waals surface area contributed by atoms with E-state index in [9.17, 15) is 14.4 Å². The first-order chi connectivity index (χ1) is 16.5. The van der Waals surface area contributed by atoms with E-state index in [1.54, 1.807) is 11.8 Å². The molecule has 6 nitrogen and oxygen atoms in total. The molecule has 2 aliphatic rings. The number of likely N-dealkylation sites (tertiary alicyclic amines) is 1. The summed E-state index contributed by atoms with van der Waals surface area (Å²) >= 11 is 0. The minimum Gasteiger partial charge on any atom is -0.341 e. The molecule has 2 fully saturated rings. The van der Waals surface area contributed by atoms with Crippen molar-refractivity contribution >= 4 is 28.6 Å². The lowest BCUT2D eigenvalue weighted by atomic mass is 9.88. The molecule has 174 valence electrons. The molecule has 0 aromatic heterocycles. The van der Waals surface area contributed by atoms with Gasteiger partial charge < -0.3 is 10.2 Å². The second-order valence-corrected chi connectivity index (χ2v) is 9.49. The molecule has 0 radical (unpaired) electrons. The van der Waals surface area contributed by atoms with Crippen LogP contribution in [0.15, 0.2) is 72.8 Å². The number of carbonyl (C=O) groups excluding carboxylic acids is 3. The predicted molar refractivity (Wildman–Crippen MR) is 131 cm³/mol. The van der Waals surface area contributed by atoms with Crippen LogP contribution in [-0.2, 0) is 21.5 Å². The number of imide groups is 1. The molecule has 2 saturated heterocycles. The van der Waals surface area contributed by atoms with Crippen molar-refractivity contribution in [3.8, 4) is 0 Å². The third-order valence-electron chi connectivity index (χ3n) is 7.23. The molecule has 1 atom stereocenters. The SMILES string of the molecule is C[C@]1(c2cccc3ccccc23)NC(=O)N(CC(=O)N2CCC(Cc3ccccc3)CC2)C1=O. The maximum atomic E-state index is 13.4.